The van der Waals surface area contributed by atoms with E-state index in [0.29, 0.717) is 11.5 Å². The van der Waals surface area contributed by atoms with Gasteiger partial charge in [-0.1, -0.05) is 41.6 Å². The molecule has 0 radical (unpaired) electrons. The van der Waals surface area contributed by atoms with E-state index >= 15 is 0 Å². The Morgan fingerprint density at radius 1 is 1.20 bits per heavy atom. The van der Waals surface area contributed by atoms with E-state index in [0.717, 1.165) is 10.4 Å². The van der Waals surface area contributed by atoms with Crippen molar-refractivity contribution < 1.29 is 14.1 Å². The molecular formula is C18H15N3O3S. The fourth-order valence-corrected chi connectivity index (χ4v) is 3.56. The number of imide groups is 1. The molecule has 3 aromatic rings. The molecule has 0 aliphatic carbocycles. The van der Waals surface area contributed by atoms with Crippen molar-refractivity contribution in [2.45, 2.75) is 19.0 Å². The topological polar surface area (TPSA) is 75.4 Å². The predicted molar refractivity (Wildman–Crippen MR) is 92.7 cm³/mol. The zero-order valence-corrected chi connectivity index (χ0v) is 14.2. The summed E-state index contributed by atoms with van der Waals surface area (Å²) < 4.78 is 5.32. The van der Waals surface area contributed by atoms with E-state index in [2.05, 4.69) is 10.5 Å². The Morgan fingerprint density at radius 3 is 2.72 bits per heavy atom. The van der Waals surface area contributed by atoms with E-state index in [-0.39, 0.29) is 12.5 Å². The molecule has 7 heteroatoms. The minimum Gasteiger partial charge on any atom is -0.355 e. The van der Waals surface area contributed by atoms with Crippen LogP contribution in [0.15, 0.2) is 58.4 Å². The number of carbonyl (C=O) groups is 2. The number of urea groups is 1. The average molecular weight is 353 g/mol. The van der Waals surface area contributed by atoms with Gasteiger partial charge in [-0.15, -0.1) is 11.3 Å². The Bertz CT molecular complexity index is 920. The Hall–Kier alpha value is -2.93. The SMILES string of the molecule is C[C@]1(c2ccccc2)NC(=O)N(Cc2cc(-c3cccs3)on2)C1=O. The first kappa shape index (κ1) is 15.6. The molecule has 6 nitrogen and oxygen atoms in total. The van der Waals surface area contributed by atoms with Crippen molar-refractivity contribution in [2.75, 3.05) is 0 Å². The fraction of sp³-hybridized carbons (Fsp3) is 0.167. The molecule has 1 aliphatic heterocycles. The van der Waals surface area contributed by atoms with Crippen LogP contribution in [0.25, 0.3) is 10.6 Å². The van der Waals surface area contributed by atoms with Gasteiger partial charge in [-0.3, -0.25) is 9.69 Å². The zero-order valence-electron chi connectivity index (χ0n) is 13.4. The third-order valence-electron chi connectivity index (χ3n) is 4.27. The van der Waals surface area contributed by atoms with Crippen molar-refractivity contribution in [1.29, 1.82) is 0 Å². The maximum atomic E-state index is 12.9. The number of thiophene rings is 1. The van der Waals surface area contributed by atoms with Crippen molar-refractivity contribution in [1.82, 2.24) is 15.4 Å². The van der Waals surface area contributed by atoms with Crippen LogP contribution >= 0.6 is 11.3 Å². The summed E-state index contributed by atoms with van der Waals surface area (Å²) in [4.78, 5) is 27.3. The van der Waals surface area contributed by atoms with Gasteiger partial charge >= 0.3 is 6.03 Å². The van der Waals surface area contributed by atoms with Crippen LogP contribution in [0.5, 0.6) is 0 Å². The van der Waals surface area contributed by atoms with Crippen LogP contribution in [0, 0.1) is 0 Å². The Balaban J connectivity index is 1.57. The molecule has 25 heavy (non-hydrogen) atoms. The first-order valence-corrected chi connectivity index (χ1v) is 8.65. The number of nitrogens with zero attached hydrogens (tertiary/aromatic N) is 2. The normalized spacial score (nSPS) is 20.1. The number of carbonyl (C=O) groups excluding carboxylic acids is 2. The summed E-state index contributed by atoms with van der Waals surface area (Å²) in [7, 11) is 0. The molecule has 0 bridgehead atoms. The minimum atomic E-state index is -1.07. The summed E-state index contributed by atoms with van der Waals surface area (Å²) in [6, 6.07) is 14.4. The molecule has 1 aromatic carbocycles. The quantitative estimate of drug-likeness (QED) is 0.730. The van der Waals surface area contributed by atoms with Gasteiger partial charge in [-0.05, 0) is 23.9 Å². The first-order valence-electron chi connectivity index (χ1n) is 7.77. The highest BCUT2D eigenvalue weighted by Crippen LogP contribution is 2.30. The zero-order chi connectivity index (χ0) is 17.4. The summed E-state index contributed by atoms with van der Waals surface area (Å²) in [6.45, 7) is 1.78. The summed E-state index contributed by atoms with van der Waals surface area (Å²) in [5.41, 5.74) is 0.207. The average Bonchev–Trinajstić information content (AvgIpc) is 3.34. The second-order valence-corrected chi connectivity index (χ2v) is 6.92. The number of rotatable bonds is 4. The van der Waals surface area contributed by atoms with E-state index in [4.69, 9.17) is 4.52 Å². The number of amides is 3. The summed E-state index contributed by atoms with van der Waals surface area (Å²) in [6.07, 6.45) is 0. The lowest BCUT2D eigenvalue weighted by molar-refractivity contribution is -0.131. The molecule has 0 saturated carbocycles. The molecule has 0 unspecified atom stereocenters. The second kappa shape index (κ2) is 5.86. The third-order valence-corrected chi connectivity index (χ3v) is 5.15. The monoisotopic (exact) mass is 353 g/mol. The van der Waals surface area contributed by atoms with E-state index in [1.165, 1.54) is 16.2 Å². The lowest BCUT2D eigenvalue weighted by Crippen LogP contribution is -2.40. The van der Waals surface area contributed by atoms with Crippen LogP contribution in [-0.4, -0.2) is 22.0 Å². The Kier molecular flexibility index (Phi) is 3.65. The Morgan fingerprint density at radius 2 is 2.00 bits per heavy atom. The fourth-order valence-electron chi connectivity index (χ4n) is 2.89. The Labute approximate surface area is 148 Å². The standard InChI is InChI=1S/C18H15N3O3S/c1-18(12-6-3-2-4-7-12)16(22)21(17(23)19-18)11-13-10-14(24-20-13)15-8-5-9-25-15/h2-10H,11H2,1H3,(H,19,23)/t18-/m1/s1. The molecule has 0 spiro atoms. The van der Waals surface area contributed by atoms with Crippen molar-refractivity contribution in [3.05, 3.63) is 65.2 Å². The van der Waals surface area contributed by atoms with Gasteiger partial charge in [0.1, 0.15) is 11.2 Å². The van der Waals surface area contributed by atoms with Crippen LogP contribution in [0.4, 0.5) is 4.79 Å². The molecule has 4 rings (SSSR count). The smallest absolute Gasteiger partial charge is 0.325 e. The van der Waals surface area contributed by atoms with E-state index in [1.807, 2.05) is 47.8 Å². The summed E-state index contributed by atoms with van der Waals surface area (Å²) >= 11 is 1.54. The maximum Gasteiger partial charge on any atom is 0.325 e. The van der Waals surface area contributed by atoms with Gasteiger partial charge in [0.05, 0.1) is 11.4 Å². The van der Waals surface area contributed by atoms with Crippen molar-refractivity contribution in [2.24, 2.45) is 0 Å². The van der Waals surface area contributed by atoms with E-state index in [9.17, 15) is 9.59 Å². The lowest BCUT2D eigenvalue weighted by Gasteiger charge is -2.21. The van der Waals surface area contributed by atoms with Gasteiger partial charge in [0.25, 0.3) is 5.91 Å². The summed E-state index contributed by atoms with van der Waals surface area (Å²) in [5.74, 6) is 0.326. The number of aromatic nitrogens is 1. The number of hydrogen-bond donors (Lipinski definition) is 1. The van der Waals surface area contributed by atoms with E-state index < -0.39 is 11.6 Å². The molecule has 1 N–H and O–H groups in total. The highest BCUT2D eigenvalue weighted by atomic mass is 32.1. The summed E-state index contributed by atoms with van der Waals surface area (Å²) in [5, 5.41) is 8.71. The van der Waals surface area contributed by atoms with Gasteiger partial charge in [0.15, 0.2) is 5.76 Å². The van der Waals surface area contributed by atoms with E-state index in [1.54, 1.807) is 13.0 Å². The lowest BCUT2D eigenvalue weighted by atomic mass is 9.92. The molecule has 126 valence electrons. The van der Waals surface area contributed by atoms with Crippen LogP contribution in [0.3, 0.4) is 0 Å². The predicted octanol–water partition coefficient (Wildman–Crippen LogP) is 3.37. The van der Waals surface area contributed by atoms with Gasteiger partial charge in [-0.25, -0.2) is 4.79 Å². The van der Waals surface area contributed by atoms with Crippen LogP contribution in [0.1, 0.15) is 18.2 Å². The van der Waals surface area contributed by atoms with Gasteiger partial charge in [-0.2, -0.15) is 0 Å². The molecule has 1 aliphatic rings. The second-order valence-electron chi connectivity index (χ2n) is 5.97. The van der Waals surface area contributed by atoms with Crippen molar-refractivity contribution >= 4 is 23.3 Å². The van der Waals surface area contributed by atoms with Crippen molar-refractivity contribution in [3.63, 3.8) is 0 Å². The van der Waals surface area contributed by atoms with Crippen LogP contribution in [0.2, 0.25) is 0 Å². The minimum absolute atomic E-state index is 0.0714. The number of nitrogens with one attached hydrogen (secondary N) is 1. The number of benzene rings is 1. The van der Waals surface area contributed by atoms with Crippen LogP contribution in [-0.2, 0) is 16.9 Å². The van der Waals surface area contributed by atoms with Crippen molar-refractivity contribution in [3.8, 4) is 10.6 Å². The molecule has 1 fully saturated rings. The maximum absolute atomic E-state index is 12.9. The number of hydrogen-bond acceptors (Lipinski definition) is 5. The van der Waals surface area contributed by atoms with Gasteiger partial charge < -0.3 is 9.84 Å². The molecule has 1 saturated heterocycles. The first-order chi connectivity index (χ1) is 12.1. The van der Waals surface area contributed by atoms with Gasteiger partial charge in [0, 0.05) is 6.07 Å². The third kappa shape index (κ3) is 2.62. The molecule has 1 atom stereocenters. The molecular weight excluding hydrogens is 338 g/mol. The van der Waals surface area contributed by atoms with Crippen LogP contribution < -0.4 is 5.32 Å². The molecule has 3 amide bonds. The molecule has 3 heterocycles. The largest absolute Gasteiger partial charge is 0.355 e. The molecule has 2 aromatic heterocycles. The van der Waals surface area contributed by atoms with Gasteiger partial charge in [0.2, 0.25) is 0 Å². The highest BCUT2D eigenvalue weighted by Gasteiger charge is 2.49. The highest BCUT2D eigenvalue weighted by molar-refractivity contribution is 7.13.